The van der Waals surface area contributed by atoms with Crippen LogP contribution < -0.4 is 0 Å². The highest BCUT2D eigenvalue weighted by molar-refractivity contribution is 8.76. The molecule has 0 aliphatic heterocycles. The molecule has 2 heterocycles. The van der Waals surface area contributed by atoms with Crippen molar-refractivity contribution in [3.05, 3.63) is 36.2 Å². The van der Waals surface area contributed by atoms with Gasteiger partial charge in [0.05, 0.1) is 22.3 Å². The Balaban J connectivity index is 2.07. The molecule has 18 heavy (non-hydrogen) atoms. The lowest BCUT2D eigenvalue weighted by atomic mass is 10.2. The summed E-state index contributed by atoms with van der Waals surface area (Å²) in [5.74, 6) is 2.94. The third-order valence-corrected chi connectivity index (χ3v) is 5.03. The highest BCUT2D eigenvalue weighted by Crippen LogP contribution is 2.44. The van der Waals surface area contributed by atoms with E-state index in [1.165, 1.54) is 9.79 Å². The van der Waals surface area contributed by atoms with E-state index in [2.05, 4.69) is 27.7 Å². The first-order chi connectivity index (χ1) is 8.59. The van der Waals surface area contributed by atoms with E-state index in [-0.39, 0.29) is 0 Å². The van der Waals surface area contributed by atoms with Gasteiger partial charge in [-0.15, -0.1) is 0 Å². The average Bonchev–Trinajstić information content (AvgIpc) is 2.94. The van der Waals surface area contributed by atoms with Crippen LogP contribution in [0.2, 0.25) is 0 Å². The van der Waals surface area contributed by atoms with Gasteiger partial charge in [-0.1, -0.05) is 27.7 Å². The maximum Gasteiger partial charge on any atom is 0.120 e. The van der Waals surface area contributed by atoms with Crippen molar-refractivity contribution in [2.24, 2.45) is 0 Å². The summed E-state index contributed by atoms with van der Waals surface area (Å²) in [6, 6.07) is 4.06. The van der Waals surface area contributed by atoms with Gasteiger partial charge in [0.2, 0.25) is 0 Å². The van der Waals surface area contributed by atoms with Crippen LogP contribution >= 0.6 is 21.6 Å². The number of hydrogen-bond donors (Lipinski definition) is 0. The van der Waals surface area contributed by atoms with E-state index in [9.17, 15) is 0 Å². The van der Waals surface area contributed by atoms with E-state index in [4.69, 9.17) is 8.83 Å². The highest BCUT2D eigenvalue weighted by atomic mass is 33.1. The third kappa shape index (κ3) is 2.98. The average molecular weight is 282 g/mol. The maximum absolute atomic E-state index is 5.52. The molecule has 0 saturated heterocycles. The van der Waals surface area contributed by atoms with Crippen LogP contribution in [0, 0.1) is 0 Å². The van der Waals surface area contributed by atoms with Gasteiger partial charge in [0, 0.05) is 11.8 Å². The van der Waals surface area contributed by atoms with E-state index < -0.39 is 0 Å². The van der Waals surface area contributed by atoms with Crippen molar-refractivity contribution >= 4 is 21.6 Å². The quantitative estimate of drug-likeness (QED) is 0.636. The van der Waals surface area contributed by atoms with Crippen LogP contribution in [0.3, 0.4) is 0 Å². The molecular formula is C14H18O2S2. The molecule has 2 aromatic rings. The minimum Gasteiger partial charge on any atom is -0.468 e. The van der Waals surface area contributed by atoms with Gasteiger partial charge in [-0.2, -0.15) is 0 Å². The lowest BCUT2D eigenvalue weighted by molar-refractivity contribution is 0.477. The number of furan rings is 2. The maximum atomic E-state index is 5.52. The molecule has 2 nitrogen and oxygen atoms in total. The van der Waals surface area contributed by atoms with Crippen molar-refractivity contribution in [2.45, 2.75) is 49.3 Å². The predicted octanol–water partition coefficient (Wildman–Crippen LogP) is 5.92. The van der Waals surface area contributed by atoms with Crippen LogP contribution in [0.1, 0.15) is 51.1 Å². The zero-order valence-corrected chi connectivity index (χ0v) is 12.7. The summed E-state index contributed by atoms with van der Waals surface area (Å²) in [5, 5.41) is 0. The Kier molecular flexibility index (Phi) is 4.51. The topological polar surface area (TPSA) is 26.3 Å². The van der Waals surface area contributed by atoms with Crippen molar-refractivity contribution < 1.29 is 8.83 Å². The molecule has 0 bridgehead atoms. The SMILES string of the molecule is CC(C)c1occc1SSc1ccoc1C(C)C. The molecule has 0 aliphatic carbocycles. The van der Waals surface area contributed by atoms with Gasteiger partial charge in [-0.25, -0.2) is 0 Å². The lowest BCUT2D eigenvalue weighted by Gasteiger charge is -2.06. The Morgan fingerprint density at radius 3 is 1.50 bits per heavy atom. The van der Waals surface area contributed by atoms with Crippen molar-refractivity contribution in [2.75, 3.05) is 0 Å². The molecule has 2 rings (SSSR count). The highest BCUT2D eigenvalue weighted by Gasteiger charge is 2.15. The summed E-state index contributed by atoms with van der Waals surface area (Å²) in [6.07, 6.45) is 3.52. The van der Waals surface area contributed by atoms with Gasteiger partial charge in [0.25, 0.3) is 0 Å². The molecule has 0 aliphatic rings. The van der Waals surface area contributed by atoms with Crippen molar-refractivity contribution in [1.29, 1.82) is 0 Å². The largest absolute Gasteiger partial charge is 0.468 e. The second-order valence-corrected chi connectivity index (χ2v) is 6.99. The summed E-state index contributed by atoms with van der Waals surface area (Å²) in [6.45, 7) is 8.58. The molecule has 4 heteroatoms. The fourth-order valence-corrected chi connectivity index (χ4v) is 4.19. The lowest BCUT2D eigenvalue weighted by Crippen LogP contribution is -1.86. The van der Waals surface area contributed by atoms with E-state index in [0.29, 0.717) is 11.8 Å². The summed E-state index contributed by atoms with van der Waals surface area (Å²) < 4.78 is 11.0. The molecule has 0 radical (unpaired) electrons. The second kappa shape index (κ2) is 5.93. The molecule has 0 N–H and O–H groups in total. The minimum absolute atomic E-state index is 0.414. The van der Waals surface area contributed by atoms with Gasteiger partial charge in [0.15, 0.2) is 0 Å². The predicted molar refractivity (Wildman–Crippen MR) is 77.3 cm³/mol. The van der Waals surface area contributed by atoms with E-state index in [1.54, 1.807) is 34.1 Å². The smallest absolute Gasteiger partial charge is 0.120 e. The minimum atomic E-state index is 0.414. The van der Waals surface area contributed by atoms with Crippen LogP contribution in [0.5, 0.6) is 0 Å². The van der Waals surface area contributed by atoms with Crippen LogP contribution in [0.25, 0.3) is 0 Å². The molecule has 0 atom stereocenters. The Hall–Kier alpha value is -0.740. The molecule has 0 saturated carbocycles. The fraction of sp³-hybridized carbons (Fsp3) is 0.429. The molecule has 2 aromatic heterocycles. The Morgan fingerprint density at radius 2 is 1.17 bits per heavy atom. The monoisotopic (exact) mass is 282 g/mol. The first kappa shape index (κ1) is 13.7. The summed E-state index contributed by atoms with van der Waals surface area (Å²) in [5.41, 5.74) is 0. The van der Waals surface area contributed by atoms with Crippen LogP contribution in [-0.2, 0) is 0 Å². The Morgan fingerprint density at radius 1 is 0.778 bits per heavy atom. The standard InChI is InChI=1S/C14H18O2S2/c1-9(2)13-11(5-7-15-13)17-18-12-6-8-16-14(12)10(3)4/h5-10H,1-4H3. The summed E-state index contributed by atoms with van der Waals surface area (Å²) in [4.78, 5) is 2.40. The molecule has 98 valence electrons. The van der Waals surface area contributed by atoms with Gasteiger partial charge < -0.3 is 8.83 Å². The van der Waals surface area contributed by atoms with Crippen LogP contribution in [-0.4, -0.2) is 0 Å². The molecule has 0 spiro atoms. The van der Waals surface area contributed by atoms with Crippen molar-refractivity contribution in [3.8, 4) is 0 Å². The number of rotatable bonds is 5. The third-order valence-electron chi connectivity index (χ3n) is 2.58. The molecule has 0 fully saturated rings. The fourth-order valence-electron chi connectivity index (χ4n) is 1.69. The molecule has 0 unspecified atom stereocenters. The van der Waals surface area contributed by atoms with Crippen LogP contribution in [0.15, 0.2) is 43.3 Å². The summed E-state index contributed by atoms with van der Waals surface area (Å²) in [7, 11) is 3.47. The normalized spacial score (nSPS) is 11.7. The van der Waals surface area contributed by atoms with Gasteiger partial charge in [-0.05, 0) is 33.7 Å². The van der Waals surface area contributed by atoms with Gasteiger partial charge in [0.1, 0.15) is 11.5 Å². The van der Waals surface area contributed by atoms with Crippen molar-refractivity contribution in [1.82, 2.24) is 0 Å². The van der Waals surface area contributed by atoms with Crippen LogP contribution in [0.4, 0.5) is 0 Å². The molecule has 0 amide bonds. The second-order valence-electron chi connectivity index (χ2n) is 4.77. The zero-order valence-electron chi connectivity index (χ0n) is 11.1. The molecule has 0 aromatic carbocycles. The van der Waals surface area contributed by atoms with Gasteiger partial charge in [-0.3, -0.25) is 0 Å². The van der Waals surface area contributed by atoms with Crippen molar-refractivity contribution in [3.63, 3.8) is 0 Å². The van der Waals surface area contributed by atoms with Gasteiger partial charge >= 0.3 is 0 Å². The first-order valence-electron chi connectivity index (χ1n) is 6.09. The Bertz CT molecular complexity index is 451. The van der Waals surface area contributed by atoms with E-state index in [1.807, 2.05) is 12.1 Å². The first-order valence-corrected chi connectivity index (χ1v) is 8.24. The molecular weight excluding hydrogens is 264 g/mol. The van der Waals surface area contributed by atoms with E-state index in [0.717, 1.165) is 11.5 Å². The summed E-state index contributed by atoms with van der Waals surface area (Å²) >= 11 is 0. The Labute approximate surface area is 116 Å². The van der Waals surface area contributed by atoms with E-state index >= 15 is 0 Å². The number of hydrogen-bond acceptors (Lipinski definition) is 4. The zero-order chi connectivity index (χ0) is 13.1.